The second-order valence-corrected chi connectivity index (χ2v) is 5.56. The van der Waals surface area contributed by atoms with Gasteiger partial charge in [0.25, 0.3) is 0 Å². The summed E-state index contributed by atoms with van der Waals surface area (Å²) in [6, 6.07) is 3.40. The highest BCUT2D eigenvalue weighted by atomic mass is 79.9. The Hall–Kier alpha value is -0.720. The zero-order valence-electron chi connectivity index (χ0n) is 10.8. The van der Waals surface area contributed by atoms with E-state index in [1.807, 2.05) is 11.9 Å². The number of anilines is 1. The number of unbranched alkanes of at least 4 members (excludes halogenated alkanes) is 2. The molecule has 0 amide bonds. The molecule has 0 saturated heterocycles. The summed E-state index contributed by atoms with van der Waals surface area (Å²) < 4.78 is 14.5. The number of aliphatic hydroxyl groups excluding tert-OH is 1. The van der Waals surface area contributed by atoms with Gasteiger partial charge in [0.1, 0.15) is 4.99 Å². The van der Waals surface area contributed by atoms with E-state index < -0.39 is 0 Å². The number of nitrogens with zero attached hydrogens (tertiary/aromatic N) is 1. The molecule has 0 atom stereocenters. The summed E-state index contributed by atoms with van der Waals surface area (Å²) in [6.07, 6.45) is 2.61. The molecule has 0 spiro atoms. The molecular weight excluding hydrogens is 331 g/mol. The predicted octanol–water partition coefficient (Wildman–Crippen LogP) is 2.82. The summed E-state index contributed by atoms with van der Waals surface area (Å²) in [6.45, 7) is 0.933. The quantitative estimate of drug-likeness (QED) is 0.587. The lowest BCUT2D eigenvalue weighted by Gasteiger charge is -2.21. The molecule has 0 saturated carbocycles. The monoisotopic (exact) mass is 348 g/mol. The van der Waals surface area contributed by atoms with Gasteiger partial charge in [0.2, 0.25) is 0 Å². The molecule has 0 fully saturated rings. The van der Waals surface area contributed by atoms with E-state index in [0.717, 1.165) is 25.8 Å². The molecule has 1 aromatic carbocycles. The molecule has 1 rings (SSSR count). The summed E-state index contributed by atoms with van der Waals surface area (Å²) in [4.78, 5) is 2.02. The number of hydrogen-bond donors (Lipinski definition) is 2. The van der Waals surface area contributed by atoms with E-state index in [2.05, 4.69) is 15.9 Å². The molecule has 0 radical (unpaired) electrons. The Bertz CT molecular complexity index is 457. The van der Waals surface area contributed by atoms with Gasteiger partial charge >= 0.3 is 0 Å². The lowest BCUT2D eigenvalue weighted by molar-refractivity contribution is 0.283. The van der Waals surface area contributed by atoms with Gasteiger partial charge in [-0.15, -0.1) is 0 Å². The number of halogens is 2. The first-order chi connectivity index (χ1) is 8.99. The largest absolute Gasteiger partial charge is 0.396 e. The Morgan fingerprint density at radius 2 is 2.11 bits per heavy atom. The third-order valence-corrected chi connectivity index (χ3v) is 3.89. The van der Waals surface area contributed by atoms with Crippen LogP contribution in [0.1, 0.15) is 24.8 Å². The molecule has 0 unspecified atom stereocenters. The van der Waals surface area contributed by atoms with Crippen LogP contribution in [0.4, 0.5) is 10.1 Å². The molecule has 3 N–H and O–H groups in total. The van der Waals surface area contributed by atoms with Crippen LogP contribution < -0.4 is 10.6 Å². The van der Waals surface area contributed by atoms with Crippen molar-refractivity contribution in [3.63, 3.8) is 0 Å². The second-order valence-electron chi connectivity index (χ2n) is 4.33. The Morgan fingerprint density at radius 3 is 2.68 bits per heavy atom. The number of thiocarbonyl (C=S) groups is 1. The highest BCUT2D eigenvalue weighted by molar-refractivity contribution is 9.10. The lowest BCUT2D eigenvalue weighted by atomic mass is 10.1. The van der Waals surface area contributed by atoms with E-state index in [0.29, 0.717) is 15.7 Å². The van der Waals surface area contributed by atoms with Crippen LogP contribution >= 0.6 is 28.1 Å². The van der Waals surface area contributed by atoms with Gasteiger partial charge < -0.3 is 15.7 Å². The molecule has 0 bridgehead atoms. The van der Waals surface area contributed by atoms with E-state index in [1.54, 1.807) is 12.1 Å². The summed E-state index contributed by atoms with van der Waals surface area (Å²) in [5, 5.41) is 8.71. The Morgan fingerprint density at radius 1 is 1.42 bits per heavy atom. The average molecular weight is 349 g/mol. The highest BCUT2D eigenvalue weighted by Crippen LogP contribution is 2.29. The SMILES string of the molecule is CN(CCCCCO)c1ccc(C(N)=S)c(Br)c1F. The summed E-state index contributed by atoms with van der Waals surface area (Å²) >= 11 is 8.05. The van der Waals surface area contributed by atoms with Crippen molar-refractivity contribution in [3.8, 4) is 0 Å². The Labute approximate surface area is 126 Å². The molecule has 1 aromatic rings. The molecule has 106 valence electrons. The van der Waals surface area contributed by atoms with Crippen molar-refractivity contribution in [1.29, 1.82) is 0 Å². The fourth-order valence-electron chi connectivity index (χ4n) is 1.78. The number of benzene rings is 1. The first kappa shape index (κ1) is 16.3. The number of aliphatic hydroxyl groups is 1. The number of nitrogens with two attached hydrogens (primary N) is 1. The van der Waals surface area contributed by atoms with Crippen molar-refractivity contribution >= 4 is 38.8 Å². The van der Waals surface area contributed by atoms with Crippen molar-refractivity contribution in [2.24, 2.45) is 5.73 Å². The van der Waals surface area contributed by atoms with Crippen molar-refractivity contribution in [3.05, 3.63) is 28.0 Å². The summed E-state index contributed by atoms with van der Waals surface area (Å²) in [5.41, 5.74) is 6.54. The van der Waals surface area contributed by atoms with Crippen LogP contribution in [0.5, 0.6) is 0 Å². The zero-order chi connectivity index (χ0) is 14.4. The number of rotatable bonds is 7. The fourth-order valence-corrected chi connectivity index (χ4v) is 2.63. The standard InChI is InChI=1S/C13H18BrFN2OS/c1-17(7-3-2-4-8-18)10-6-5-9(13(16)19)11(14)12(10)15/h5-6,18H,2-4,7-8H2,1H3,(H2,16,19). The van der Waals surface area contributed by atoms with E-state index in [1.165, 1.54) is 0 Å². The van der Waals surface area contributed by atoms with Crippen LogP contribution in [-0.4, -0.2) is 30.3 Å². The molecule has 0 aliphatic rings. The minimum Gasteiger partial charge on any atom is -0.396 e. The van der Waals surface area contributed by atoms with Gasteiger partial charge in [0, 0.05) is 25.8 Å². The smallest absolute Gasteiger partial charge is 0.161 e. The molecule has 0 aromatic heterocycles. The summed E-state index contributed by atoms with van der Waals surface area (Å²) in [5.74, 6) is -0.352. The molecule has 6 heteroatoms. The van der Waals surface area contributed by atoms with Gasteiger partial charge in [-0.1, -0.05) is 12.2 Å². The normalized spacial score (nSPS) is 10.5. The van der Waals surface area contributed by atoms with Gasteiger partial charge in [0.15, 0.2) is 5.82 Å². The van der Waals surface area contributed by atoms with E-state index in [9.17, 15) is 4.39 Å². The van der Waals surface area contributed by atoms with Crippen LogP contribution in [0.3, 0.4) is 0 Å². The second kappa shape index (κ2) is 7.77. The average Bonchev–Trinajstić information content (AvgIpc) is 2.37. The maximum atomic E-state index is 14.2. The lowest BCUT2D eigenvalue weighted by Crippen LogP contribution is -2.21. The Kier molecular flexibility index (Phi) is 6.68. The van der Waals surface area contributed by atoms with Crippen molar-refractivity contribution in [1.82, 2.24) is 0 Å². The van der Waals surface area contributed by atoms with Crippen LogP contribution in [0.2, 0.25) is 0 Å². The highest BCUT2D eigenvalue weighted by Gasteiger charge is 2.15. The Balaban J connectivity index is 2.78. The van der Waals surface area contributed by atoms with Gasteiger partial charge in [-0.05, 0) is 47.3 Å². The van der Waals surface area contributed by atoms with Gasteiger partial charge in [0.05, 0.1) is 10.2 Å². The van der Waals surface area contributed by atoms with Crippen molar-refractivity contribution < 1.29 is 9.50 Å². The first-order valence-electron chi connectivity index (χ1n) is 6.08. The maximum absolute atomic E-state index is 14.2. The predicted molar refractivity (Wildman–Crippen MR) is 84.2 cm³/mol. The zero-order valence-corrected chi connectivity index (χ0v) is 13.2. The topological polar surface area (TPSA) is 49.5 Å². The molecule has 0 heterocycles. The first-order valence-corrected chi connectivity index (χ1v) is 7.29. The molecule has 3 nitrogen and oxygen atoms in total. The minimum absolute atomic E-state index is 0.169. The number of hydrogen-bond acceptors (Lipinski definition) is 3. The molecule has 0 aliphatic heterocycles. The third kappa shape index (κ3) is 4.40. The van der Waals surface area contributed by atoms with E-state index in [-0.39, 0.29) is 17.4 Å². The van der Waals surface area contributed by atoms with Gasteiger partial charge in [-0.25, -0.2) is 4.39 Å². The van der Waals surface area contributed by atoms with Crippen LogP contribution in [-0.2, 0) is 0 Å². The van der Waals surface area contributed by atoms with Crippen LogP contribution in [0, 0.1) is 5.82 Å². The van der Waals surface area contributed by atoms with Crippen molar-refractivity contribution in [2.45, 2.75) is 19.3 Å². The van der Waals surface area contributed by atoms with Crippen LogP contribution in [0.25, 0.3) is 0 Å². The minimum atomic E-state index is -0.352. The molecule has 0 aliphatic carbocycles. The molecule has 19 heavy (non-hydrogen) atoms. The van der Waals surface area contributed by atoms with E-state index in [4.69, 9.17) is 23.1 Å². The fraction of sp³-hybridized carbons (Fsp3) is 0.462. The third-order valence-electron chi connectivity index (χ3n) is 2.89. The van der Waals surface area contributed by atoms with Crippen molar-refractivity contribution in [2.75, 3.05) is 25.1 Å². The maximum Gasteiger partial charge on any atom is 0.161 e. The summed E-state index contributed by atoms with van der Waals surface area (Å²) in [7, 11) is 1.84. The molecular formula is C13H18BrFN2OS. The van der Waals surface area contributed by atoms with E-state index >= 15 is 0 Å². The van der Waals surface area contributed by atoms with Crippen LogP contribution in [0.15, 0.2) is 16.6 Å². The van der Waals surface area contributed by atoms with Gasteiger partial charge in [-0.3, -0.25) is 0 Å². The van der Waals surface area contributed by atoms with Gasteiger partial charge in [-0.2, -0.15) is 0 Å².